The molecule has 3 rings (SSSR count). The van der Waals surface area contributed by atoms with Crippen molar-refractivity contribution in [3.63, 3.8) is 0 Å². The molecule has 0 bridgehead atoms. The highest BCUT2D eigenvalue weighted by Crippen LogP contribution is 2.38. The second kappa shape index (κ2) is 7.47. The zero-order valence-electron chi connectivity index (χ0n) is 14.0. The summed E-state index contributed by atoms with van der Waals surface area (Å²) in [5, 5.41) is 5.48. The summed E-state index contributed by atoms with van der Waals surface area (Å²) in [6, 6.07) is 4.09. The number of halogens is 3. The van der Waals surface area contributed by atoms with E-state index in [0.717, 1.165) is 48.3 Å². The molecule has 0 unspecified atom stereocenters. The molecule has 1 aliphatic rings. The molecule has 1 heterocycles. The van der Waals surface area contributed by atoms with Gasteiger partial charge in [0.2, 0.25) is 0 Å². The lowest BCUT2D eigenvalue weighted by molar-refractivity contribution is -0.274. The van der Waals surface area contributed by atoms with Gasteiger partial charge in [0.15, 0.2) is 0 Å². The van der Waals surface area contributed by atoms with Gasteiger partial charge in [0.1, 0.15) is 10.8 Å². The summed E-state index contributed by atoms with van der Waals surface area (Å²) in [6.07, 6.45) is -1.22. The maximum absolute atomic E-state index is 12.2. The molecule has 0 spiro atoms. The minimum Gasteiger partial charge on any atom is -0.406 e. The van der Waals surface area contributed by atoms with Crippen LogP contribution >= 0.6 is 11.3 Å². The van der Waals surface area contributed by atoms with Crippen molar-refractivity contribution in [2.75, 3.05) is 10.6 Å². The monoisotopic (exact) mass is 399 g/mol. The molecule has 0 atom stereocenters. The Bertz CT molecular complexity index is 863. The van der Waals surface area contributed by atoms with Crippen LogP contribution in [0.3, 0.4) is 0 Å². The molecule has 2 aromatic rings. The number of ether oxygens (including phenoxy) is 1. The number of rotatable bonds is 4. The van der Waals surface area contributed by atoms with Crippen LogP contribution in [0.1, 0.15) is 33.6 Å². The minimum absolute atomic E-state index is 0.268. The number of primary amides is 1. The Morgan fingerprint density at radius 1 is 1.07 bits per heavy atom. The molecule has 3 amide bonds. The molecule has 144 valence electrons. The molecule has 10 heteroatoms. The van der Waals surface area contributed by atoms with E-state index in [0.29, 0.717) is 10.6 Å². The minimum atomic E-state index is -4.78. The third-order valence-corrected chi connectivity index (χ3v) is 5.20. The Kier molecular flexibility index (Phi) is 5.26. The van der Waals surface area contributed by atoms with Gasteiger partial charge in [-0.2, -0.15) is 0 Å². The number of fused-ring (bicyclic) bond motifs is 1. The number of aryl methyl sites for hydroxylation is 1. The van der Waals surface area contributed by atoms with Crippen molar-refractivity contribution >= 4 is 34.0 Å². The highest BCUT2D eigenvalue weighted by molar-refractivity contribution is 7.17. The van der Waals surface area contributed by atoms with E-state index in [1.165, 1.54) is 23.5 Å². The van der Waals surface area contributed by atoms with Crippen LogP contribution in [0.25, 0.3) is 0 Å². The van der Waals surface area contributed by atoms with Crippen LogP contribution in [0.4, 0.5) is 28.7 Å². The van der Waals surface area contributed by atoms with Crippen molar-refractivity contribution < 1.29 is 27.5 Å². The quantitative estimate of drug-likeness (QED) is 0.717. The van der Waals surface area contributed by atoms with Crippen LogP contribution in [0, 0.1) is 0 Å². The fourth-order valence-electron chi connectivity index (χ4n) is 2.92. The van der Waals surface area contributed by atoms with Gasteiger partial charge in [-0.15, -0.1) is 24.5 Å². The maximum atomic E-state index is 12.2. The summed E-state index contributed by atoms with van der Waals surface area (Å²) in [7, 11) is 0. The number of urea groups is 1. The van der Waals surface area contributed by atoms with Crippen LogP contribution < -0.4 is 21.1 Å². The summed E-state index contributed by atoms with van der Waals surface area (Å²) < 4.78 is 40.2. The first-order valence-corrected chi connectivity index (χ1v) is 8.93. The second-order valence-electron chi connectivity index (χ2n) is 5.93. The standard InChI is InChI=1S/C17H16F3N3O3S/c18-17(19,20)26-10-7-5-9(6-8-10)22-16(25)23-15-13(14(21)24)11-3-1-2-4-12(11)27-15/h5-8H,1-4H2,(H2,21,24)(H2,22,23,25). The van der Waals surface area contributed by atoms with Gasteiger partial charge in [-0.05, 0) is 55.5 Å². The molecule has 4 N–H and O–H groups in total. The molecule has 27 heavy (non-hydrogen) atoms. The number of amides is 3. The number of carbonyl (C=O) groups is 2. The Morgan fingerprint density at radius 3 is 2.37 bits per heavy atom. The molecular weight excluding hydrogens is 383 g/mol. The number of hydrogen-bond acceptors (Lipinski definition) is 4. The lowest BCUT2D eigenvalue weighted by atomic mass is 9.95. The molecule has 6 nitrogen and oxygen atoms in total. The van der Waals surface area contributed by atoms with Crippen molar-refractivity contribution in [3.05, 3.63) is 40.3 Å². The Labute approximate surface area is 156 Å². The zero-order chi connectivity index (χ0) is 19.6. The second-order valence-corrected chi connectivity index (χ2v) is 7.04. The van der Waals surface area contributed by atoms with E-state index in [1.807, 2.05) is 0 Å². The first-order chi connectivity index (χ1) is 12.7. The van der Waals surface area contributed by atoms with E-state index < -0.39 is 24.1 Å². The van der Waals surface area contributed by atoms with E-state index in [-0.39, 0.29) is 5.69 Å². The molecule has 0 saturated carbocycles. The fraction of sp³-hybridized carbons (Fsp3) is 0.294. The third-order valence-electron chi connectivity index (χ3n) is 3.99. The van der Waals surface area contributed by atoms with Gasteiger partial charge in [-0.1, -0.05) is 0 Å². The van der Waals surface area contributed by atoms with Crippen LogP contribution in [0.15, 0.2) is 24.3 Å². The van der Waals surface area contributed by atoms with Gasteiger partial charge in [0, 0.05) is 10.6 Å². The number of nitrogens with one attached hydrogen (secondary N) is 2. The summed E-state index contributed by atoms with van der Waals surface area (Å²) in [5.41, 5.74) is 6.96. The van der Waals surface area contributed by atoms with E-state index in [2.05, 4.69) is 15.4 Å². The number of nitrogens with two attached hydrogens (primary N) is 1. The number of alkyl halides is 3. The Hall–Kier alpha value is -2.75. The van der Waals surface area contributed by atoms with Crippen molar-refractivity contribution in [3.8, 4) is 5.75 Å². The maximum Gasteiger partial charge on any atom is 0.573 e. The third kappa shape index (κ3) is 4.70. The summed E-state index contributed by atoms with van der Waals surface area (Å²) in [6.45, 7) is 0. The largest absolute Gasteiger partial charge is 0.573 e. The summed E-state index contributed by atoms with van der Waals surface area (Å²) in [4.78, 5) is 25.0. The predicted octanol–water partition coefficient (Wildman–Crippen LogP) is 4.27. The zero-order valence-corrected chi connectivity index (χ0v) is 14.8. The molecule has 1 aromatic heterocycles. The van der Waals surface area contributed by atoms with Crippen LogP contribution in [0.2, 0.25) is 0 Å². The number of anilines is 2. The van der Waals surface area contributed by atoms with Gasteiger partial charge >= 0.3 is 12.4 Å². The van der Waals surface area contributed by atoms with Gasteiger partial charge in [-0.25, -0.2) is 4.79 Å². The highest BCUT2D eigenvalue weighted by Gasteiger charge is 2.31. The first kappa shape index (κ1) is 19.0. The first-order valence-electron chi connectivity index (χ1n) is 8.11. The number of thiophene rings is 1. The number of hydrogen-bond donors (Lipinski definition) is 3. The van der Waals surface area contributed by atoms with Gasteiger partial charge < -0.3 is 15.8 Å². The smallest absolute Gasteiger partial charge is 0.406 e. The predicted molar refractivity (Wildman–Crippen MR) is 95.2 cm³/mol. The van der Waals surface area contributed by atoms with Gasteiger partial charge in [0.05, 0.1) is 5.56 Å². The Balaban J connectivity index is 1.69. The summed E-state index contributed by atoms with van der Waals surface area (Å²) >= 11 is 1.32. The van der Waals surface area contributed by atoms with Crippen molar-refractivity contribution in [2.24, 2.45) is 5.73 Å². The fourth-order valence-corrected chi connectivity index (χ4v) is 4.21. The lowest BCUT2D eigenvalue weighted by Gasteiger charge is -2.11. The van der Waals surface area contributed by atoms with Crippen LogP contribution in [-0.2, 0) is 12.8 Å². The van der Waals surface area contributed by atoms with Gasteiger partial charge in [-0.3, -0.25) is 10.1 Å². The number of carbonyl (C=O) groups excluding carboxylic acids is 2. The molecule has 0 aliphatic heterocycles. The average Bonchev–Trinajstić information content (AvgIpc) is 2.93. The van der Waals surface area contributed by atoms with Gasteiger partial charge in [0.25, 0.3) is 5.91 Å². The van der Waals surface area contributed by atoms with E-state index in [9.17, 15) is 22.8 Å². The van der Waals surface area contributed by atoms with Crippen LogP contribution in [-0.4, -0.2) is 18.3 Å². The summed E-state index contributed by atoms with van der Waals surface area (Å²) in [5.74, 6) is -0.992. The van der Waals surface area contributed by atoms with E-state index in [1.54, 1.807) is 0 Å². The lowest BCUT2D eigenvalue weighted by Crippen LogP contribution is -2.22. The van der Waals surface area contributed by atoms with Crippen LogP contribution in [0.5, 0.6) is 5.75 Å². The average molecular weight is 399 g/mol. The molecule has 1 aliphatic carbocycles. The molecular formula is C17H16F3N3O3S. The normalized spacial score (nSPS) is 13.6. The molecule has 0 saturated heterocycles. The van der Waals surface area contributed by atoms with Crippen molar-refractivity contribution in [2.45, 2.75) is 32.0 Å². The highest BCUT2D eigenvalue weighted by atomic mass is 32.1. The SMILES string of the molecule is NC(=O)c1c(NC(=O)Nc2ccc(OC(F)(F)F)cc2)sc2c1CCCC2. The number of benzene rings is 1. The Morgan fingerprint density at radius 2 is 1.74 bits per heavy atom. The topological polar surface area (TPSA) is 93.5 Å². The van der Waals surface area contributed by atoms with E-state index >= 15 is 0 Å². The van der Waals surface area contributed by atoms with Crippen molar-refractivity contribution in [1.29, 1.82) is 0 Å². The molecule has 1 aromatic carbocycles. The van der Waals surface area contributed by atoms with E-state index in [4.69, 9.17) is 5.73 Å². The molecule has 0 radical (unpaired) electrons. The molecule has 0 fully saturated rings. The van der Waals surface area contributed by atoms with Crippen molar-refractivity contribution in [1.82, 2.24) is 0 Å².